The maximum atomic E-state index is 10.5. The monoisotopic (exact) mass is 140 g/mol. The summed E-state index contributed by atoms with van der Waals surface area (Å²) in [6.45, 7) is 1.66. The fourth-order valence-corrected chi connectivity index (χ4v) is 0.548. The highest BCUT2D eigenvalue weighted by atomic mass is 16.1. The van der Waals surface area contributed by atoms with Crippen LogP contribution in [0.5, 0.6) is 0 Å². The van der Waals surface area contributed by atoms with Gasteiger partial charge in [-0.05, 0) is 6.92 Å². The minimum absolute atomic E-state index is 0.412. The van der Waals surface area contributed by atoms with E-state index in [1.54, 1.807) is 6.92 Å². The maximum Gasteiger partial charge on any atom is 0.242 e. The number of primary amides is 1. The molecule has 0 aliphatic rings. The van der Waals surface area contributed by atoms with E-state index >= 15 is 0 Å². The molecule has 0 aromatic carbocycles. The molecule has 0 aliphatic heterocycles. The van der Waals surface area contributed by atoms with Gasteiger partial charge in [-0.2, -0.15) is 5.10 Å². The number of amides is 1. The minimum atomic E-state index is -0.414. The molecule has 5 nitrogen and oxygen atoms in total. The van der Waals surface area contributed by atoms with Crippen molar-refractivity contribution in [3.05, 3.63) is 12.7 Å². The molecule has 0 saturated carbocycles. The summed E-state index contributed by atoms with van der Waals surface area (Å²) in [5, 5.41) is 3.74. The van der Waals surface area contributed by atoms with Gasteiger partial charge in [-0.1, -0.05) is 0 Å². The number of carbonyl (C=O) groups is 1. The molecule has 0 radical (unpaired) electrons. The molecule has 1 aromatic heterocycles. The minimum Gasteiger partial charge on any atom is -0.368 e. The fraction of sp³-hybridized carbons (Fsp3) is 0.400. The van der Waals surface area contributed by atoms with E-state index in [0.717, 1.165) is 0 Å². The molecule has 1 heterocycles. The van der Waals surface area contributed by atoms with Crippen molar-refractivity contribution >= 4 is 5.91 Å². The normalized spacial score (nSPS) is 12.9. The third-order valence-electron chi connectivity index (χ3n) is 1.25. The molecule has 1 aromatic rings. The van der Waals surface area contributed by atoms with E-state index in [9.17, 15) is 4.79 Å². The number of hydrogen-bond donors (Lipinski definition) is 1. The Labute approximate surface area is 57.9 Å². The van der Waals surface area contributed by atoms with E-state index in [2.05, 4.69) is 10.1 Å². The summed E-state index contributed by atoms with van der Waals surface area (Å²) >= 11 is 0. The third-order valence-corrected chi connectivity index (χ3v) is 1.25. The average molecular weight is 140 g/mol. The Morgan fingerprint density at radius 3 is 2.90 bits per heavy atom. The smallest absolute Gasteiger partial charge is 0.242 e. The second kappa shape index (κ2) is 2.47. The zero-order valence-electron chi connectivity index (χ0n) is 5.56. The van der Waals surface area contributed by atoms with Crippen LogP contribution in [0.25, 0.3) is 0 Å². The molecule has 5 heteroatoms. The molecule has 1 atom stereocenters. The summed E-state index contributed by atoms with van der Waals surface area (Å²) in [4.78, 5) is 14.2. The van der Waals surface area contributed by atoms with Gasteiger partial charge >= 0.3 is 0 Å². The topological polar surface area (TPSA) is 73.8 Å². The number of aromatic nitrogens is 3. The van der Waals surface area contributed by atoms with E-state index in [1.807, 2.05) is 0 Å². The van der Waals surface area contributed by atoms with Crippen molar-refractivity contribution in [2.75, 3.05) is 0 Å². The zero-order chi connectivity index (χ0) is 7.56. The summed E-state index contributed by atoms with van der Waals surface area (Å²) in [7, 11) is 0. The van der Waals surface area contributed by atoms with Crippen LogP contribution >= 0.6 is 0 Å². The van der Waals surface area contributed by atoms with Crippen molar-refractivity contribution in [3.63, 3.8) is 0 Å². The lowest BCUT2D eigenvalue weighted by atomic mass is 10.3. The second-order valence-corrected chi connectivity index (χ2v) is 1.95. The first kappa shape index (κ1) is 6.73. The highest BCUT2D eigenvalue weighted by molar-refractivity contribution is 5.77. The van der Waals surface area contributed by atoms with Crippen LogP contribution in [0.3, 0.4) is 0 Å². The summed E-state index contributed by atoms with van der Waals surface area (Å²) in [5.74, 6) is -0.412. The van der Waals surface area contributed by atoms with Crippen molar-refractivity contribution in [3.8, 4) is 0 Å². The van der Waals surface area contributed by atoms with Crippen LogP contribution in [0.15, 0.2) is 12.7 Å². The molecule has 0 fully saturated rings. The van der Waals surface area contributed by atoms with E-state index in [0.29, 0.717) is 0 Å². The van der Waals surface area contributed by atoms with Gasteiger partial charge < -0.3 is 5.73 Å². The average Bonchev–Trinajstić information content (AvgIpc) is 2.36. The van der Waals surface area contributed by atoms with Crippen LogP contribution in [0.1, 0.15) is 13.0 Å². The number of nitrogens with two attached hydrogens (primary N) is 1. The van der Waals surface area contributed by atoms with Crippen molar-refractivity contribution in [2.45, 2.75) is 13.0 Å². The number of rotatable bonds is 2. The molecular weight excluding hydrogens is 132 g/mol. The van der Waals surface area contributed by atoms with Crippen LogP contribution < -0.4 is 5.73 Å². The Balaban J connectivity index is 2.77. The van der Waals surface area contributed by atoms with E-state index in [4.69, 9.17) is 5.73 Å². The number of hydrogen-bond acceptors (Lipinski definition) is 3. The summed E-state index contributed by atoms with van der Waals surface area (Å²) in [6.07, 6.45) is 2.81. The van der Waals surface area contributed by atoms with Crippen molar-refractivity contribution in [1.29, 1.82) is 0 Å². The molecule has 1 amide bonds. The van der Waals surface area contributed by atoms with Gasteiger partial charge in [-0.25, -0.2) is 9.67 Å². The standard InChI is InChI=1S/C5H8N4O/c1-4(5(6)10)9-3-7-2-8-9/h2-4H,1H3,(H2,6,10)/t4-/m0/s1. The third kappa shape index (κ3) is 1.12. The molecule has 54 valence electrons. The van der Waals surface area contributed by atoms with Gasteiger partial charge in [0.25, 0.3) is 0 Å². The molecule has 10 heavy (non-hydrogen) atoms. The Kier molecular flexibility index (Phi) is 1.66. The van der Waals surface area contributed by atoms with Gasteiger partial charge in [0.05, 0.1) is 0 Å². The van der Waals surface area contributed by atoms with Crippen LogP contribution in [-0.2, 0) is 4.79 Å². The van der Waals surface area contributed by atoms with Crippen LogP contribution in [0, 0.1) is 0 Å². The van der Waals surface area contributed by atoms with E-state index in [-0.39, 0.29) is 0 Å². The first-order chi connectivity index (χ1) is 4.72. The van der Waals surface area contributed by atoms with Gasteiger partial charge in [-0.15, -0.1) is 0 Å². The number of carbonyl (C=O) groups excluding carboxylic acids is 1. The Bertz CT molecular complexity index is 218. The summed E-state index contributed by atoms with van der Waals surface area (Å²) in [5.41, 5.74) is 5.00. The highest BCUT2D eigenvalue weighted by Gasteiger charge is 2.09. The Morgan fingerprint density at radius 2 is 2.50 bits per heavy atom. The van der Waals surface area contributed by atoms with Crippen molar-refractivity contribution < 1.29 is 4.79 Å². The van der Waals surface area contributed by atoms with Gasteiger partial charge in [0, 0.05) is 0 Å². The quantitative estimate of drug-likeness (QED) is 0.591. The van der Waals surface area contributed by atoms with Gasteiger partial charge in [0.2, 0.25) is 5.91 Å². The van der Waals surface area contributed by atoms with Crippen LogP contribution in [0.4, 0.5) is 0 Å². The van der Waals surface area contributed by atoms with Crippen molar-refractivity contribution in [2.24, 2.45) is 5.73 Å². The first-order valence-corrected chi connectivity index (χ1v) is 2.85. The molecule has 2 N–H and O–H groups in total. The molecule has 0 spiro atoms. The Morgan fingerprint density at radius 1 is 1.80 bits per heavy atom. The lowest BCUT2D eigenvalue weighted by Crippen LogP contribution is -2.24. The second-order valence-electron chi connectivity index (χ2n) is 1.95. The molecular formula is C5H8N4O. The van der Waals surface area contributed by atoms with Gasteiger partial charge in [0.1, 0.15) is 18.7 Å². The first-order valence-electron chi connectivity index (χ1n) is 2.85. The highest BCUT2D eigenvalue weighted by Crippen LogP contribution is 1.98. The van der Waals surface area contributed by atoms with Crippen LogP contribution in [-0.4, -0.2) is 20.7 Å². The van der Waals surface area contributed by atoms with E-state index in [1.165, 1.54) is 17.3 Å². The zero-order valence-corrected chi connectivity index (χ0v) is 5.56. The molecule has 0 aliphatic carbocycles. The molecule has 1 rings (SSSR count). The lowest BCUT2D eigenvalue weighted by Gasteiger charge is -2.04. The fourth-order valence-electron chi connectivity index (χ4n) is 0.548. The van der Waals surface area contributed by atoms with E-state index < -0.39 is 11.9 Å². The van der Waals surface area contributed by atoms with Gasteiger partial charge in [0.15, 0.2) is 0 Å². The SMILES string of the molecule is C[C@@H](C(N)=O)n1cncn1. The summed E-state index contributed by atoms with van der Waals surface area (Å²) in [6, 6.07) is -0.414. The molecule has 0 unspecified atom stereocenters. The largest absolute Gasteiger partial charge is 0.368 e. The lowest BCUT2D eigenvalue weighted by molar-refractivity contribution is -0.120. The Hall–Kier alpha value is -1.39. The maximum absolute atomic E-state index is 10.5. The van der Waals surface area contributed by atoms with Gasteiger partial charge in [-0.3, -0.25) is 4.79 Å². The number of nitrogens with zero attached hydrogens (tertiary/aromatic N) is 3. The van der Waals surface area contributed by atoms with Crippen molar-refractivity contribution in [1.82, 2.24) is 14.8 Å². The molecule has 0 saturated heterocycles. The summed E-state index contributed by atoms with van der Waals surface area (Å²) < 4.78 is 1.41. The van der Waals surface area contributed by atoms with Crippen LogP contribution in [0.2, 0.25) is 0 Å². The predicted molar refractivity (Wildman–Crippen MR) is 33.9 cm³/mol. The predicted octanol–water partition coefficient (Wildman–Crippen LogP) is -0.676. The molecule has 0 bridgehead atoms.